The highest BCUT2D eigenvalue weighted by molar-refractivity contribution is 7.91. The van der Waals surface area contributed by atoms with Crippen molar-refractivity contribution in [3.63, 3.8) is 0 Å². The number of hydrogen-bond donors (Lipinski definition) is 0. The summed E-state index contributed by atoms with van der Waals surface area (Å²) in [5.74, 6) is 1.03. The van der Waals surface area contributed by atoms with Crippen LogP contribution in [0.25, 0.3) is 22.1 Å². The van der Waals surface area contributed by atoms with E-state index in [-0.39, 0.29) is 12.2 Å². The summed E-state index contributed by atoms with van der Waals surface area (Å²) < 4.78 is 31.0. The van der Waals surface area contributed by atoms with Gasteiger partial charge in [-0.25, -0.2) is 13.4 Å². The molecule has 0 fully saturated rings. The van der Waals surface area contributed by atoms with Gasteiger partial charge in [0.25, 0.3) is 0 Å². The minimum absolute atomic E-state index is 0.0416. The molecule has 130 valence electrons. The molecule has 0 aliphatic heterocycles. The van der Waals surface area contributed by atoms with E-state index in [2.05, 4.69) is 4.98 Å². The third-order valence-electron chi connectivity index (χ3n) is 4.28. The van der Waals surface area contributed by atoms with Crippen LogP contribution in [0.4, 0.5) is 0 Å². The lowest BCUT2D eigenvalue weighted by molar-refractivity contribution is 0.511. The van der Waals surface area contributed by atoms with Crippen molar-refractivity contribution in [2.75, 3.05) is 5.75 Å². The van der Waals surface area contributed by atoms with E-state index in [9.17, 15) is 8.42 Å². The molecule has 4 rings (SSSR count). The fraction of sp³-hybridized carbons (Fsp3) is 0.0952. The van der Waals surface area contributed by atoms with Crippen LogP contribution in [0.1, 0.15) is 5.89 Å². The molecule has 0 N–H and O–H groups in total. The van der Waals surface area contributed by atoms with Crippen LogP contribution in [0.5, 0.6) is 0 Å². The molecule has 4 nitrogen and oxygen atoms in total. The zero-order chi connectivity index (χ0) is 18.0. The van der Waals surface area contributed by atoms with Gasteiger partial charge < -0.3 is 4.42 Å². The average Bonchev–Trinajstić information content (AvgIpc) is 3.16. The zero-order valence-electron chi connectivity index (χ0n) is 14.0. The highest BCUT2D eigenvalue weighted by Gasteiger charge is 2.17. The number of aromatic nitrogens is 1. The lowest BCUT2D eigenvalue weighted by atomic mass is 10.1. The lowest BCUT2D eigenvalue weighted by Crippen LogP contribution is -2.09. The molecule has 1 aromatic heterocycles. The van der Waals surface area contributed by atoms with Gasteiger partial charge in [-0.1, -0.05) is 60.7 Å². The predicted molar refractivity (Wildman–Crippen MR) is 102 cm³/mol. The number of aryl methyl sites for hydroxylation is 1. The van der Waals surface area contributed by atoms with Crippen molar-refractivity contribution in [2.24, 2.45) is 0 Å². The van der Waals surface area contributed by atoms with Gasteiger partial charge in [-0.05, 0) is 22.9 Å². The second-order valence-corrected chi connectivity index (χ2v) is 8.17. The molecule has 5 heteroatoms. The Bertz CT molecular complexity index is 1150. The molecule has 1 heterocycles. The topological polar surface area (TPSA) is 60.2 Å². The van der Waals surface area contributed by atoms with Crippen molar-refractivity contribution < 1.29 is 12.8 Å². The Balaban J connectivity index is 1.52. The van der Waals surface area contributed by atoms with E-state index in [0.717, 1.165) is 16.3 Å². The molecule has 0 aliphatic rings. The first-order valence-electron chi connectivity index (χ1n) is 8.33. The highest BCUT2D eigenvalue weighted by atomic mass is 32.2. The van der Waals surface area contributed by atoms with Crippen LogP contribution in [-0.2, 0) is 16.3 Å². The molecule has 0 saturated carbocycles. The van der Waals surface area contributed by atoms with Gasteiger partial charge in [0.1, 0.15) is 0 Å². The van der Waals surface area contributed by atoms with Crippen LogP contribution in [0, 0.1) is 0 Å². The molecule has 0 radical (unpaired) electrons. The van der Waals surface area contributed by atoms with Gasteiger partial charge in [0.15, 0.2) is 21.5 Å². The van der Waals surface area contributed by atoms with Crippen LogP contribution in [0.3, 0.4) is 0 Å². The number of oxazole rings is 1. The largest absolute Gasteiger partial charge is 0.441 e. The predicted octanol–water partition coefficient (Wildman–Crippen LogP) is 4.51. The van der Waals surface area contributed by atoms with Gasteiger partial charge in [-0.15, -0.1) is 0 Å². The molecule has 3 aromatic carbocycles. The summed E-state index contributed by atoms with van der Waals surface area (Å²) in [6.07, 6.45) is 1.87. The second kappa shape index (κ2) is 6.77. The molecule has 0 amide bonds. The second-order valence-electron chi connectivity index (χ2n) is 6.06. The van der Waals surface area contributed by atoms with Gasteiger partial charge in [0.2, 0.25) is 0 Å². The van der Waals surface area contributed by atoms with E-state index in [4.69, 9.17) is 4.42 Å². The van der Waals surface area contributed by atoms with Crippen LogP contribution >= 0.6 is 0 Å². The van der Waals surface area contributed by atoms with E-state index in [0.29, 0.717) is 16.5 Å². The number of sulfone groups is 1. The highest BCUT2D eigenvalue weighted by Crippen LogP contribution is 2.22. The van der Waals surface area contributed by atoms with E-state index in [1.165, 1.54) is 0 Å². The minimum Gasteiger partial charge on any atom is -0.441 e. The third kappa shape index (κ3) is 3.39. The van der Waals surface area contributed by atoms with Gasteiger partial charge in [0.05, 0.1) is 16.8 Å². The van der Waals surface area contributed by atoms with Crippen molar-refractivity contribution in [2.45, 2.75) is 11.3 Å². The average molecular weight is 363 g/mol. The van der Waals surface area contributed by atoms with E-state index in [1.807, 2.05) is 60.7 Å². The minimum atomic E-state index is -3.41. The third-order valence-corrected chi connectivity index (χ3v) is 5.99. The van der Waals surface area contributed by atoms with Crippen molar-refractivity contribution >= 4 is 20.6 Å². The van der Waals surface area contributed by atoms with Crippen molar-refractivity contribution in [3.05, 3.63) is 84.9 Å². The Morgan fingerprint density at radius 3 is 2.38 bits per heavy atom. The van der Waals surface area contributed by atoms with Crippen molar-refractivity contribution in [1.82, 2.24) is 4.98 Å². The van der Waals surface area contributed by atoms with Crippen molar-refractivity contribution in [1.29, 1.82) is 0 Å². The normalized spacial score (nSPS) is 11.7. The van der Waals surface area contributed by atoms with E-state index >= 15 is 0 Å². The first-order valence-corrected chi connectivity index (χ1v) is 9.99. The summed E-state index contributed by atoms with van der Waals surface area (Å²) in [4.78, 5) is 4.53. The van der Waals surface area contributed by atoms with Crippen molar-refractivity contribution in [3.8, 4) is 11.3 Å². The maximum absolute atomic E-state index is 12.7. The first-order chi connectivity index (χ1) is 12.6. The maximum Gasteiger partial charge on any atom is 0.195 e. The maximum atomic E-state index is 12.7. The fourth-order valence-electron chi connectivity index (χ4n) is 2.86. The number of benzene rings is 3. The zero-order valence-corrected chi connectivity index (χ0v) is 14.8. The quantitative estimate of drug-likeness (QED) is 0.523. The van der Waals surface area contributed by atoms with E-state index in [1.54, 1.807) is 18.3 Å². The van der Waals surface area contributed by atoms with Crippen LogP contribution in [0.15, 0.2) is 88.3 Å². The number of nitrogens with zero attached hydrogens (tertiary/aromatic N) is 1. The Labute approximate surface area is 152 Å². The number of hydrogen-bond acceptors (Lipinski definition) is 4. The molecule has 0 atom stereocenters. The Kier molecular flexibility index (Phi) is 4.31. The number of rotatable bonds is 5. The lowest BCUT2D eigenvalue weighted by Gasteiger charge is -2.05. The fourth-order valence-corrected chi connectivity index (χ4v) is 4.12. The van der Waals surface area contributed by atoms with Crippen LogP contribution < -0.4 is 0 Å². The Hall–Kier alpha value is -2.92. The SMILES string of the molecule is O=S(=O)(CCc1ncc(-c2ccccc2)o1)c1ccc2ccccc2c1. The van der Waals surface area contributed by atoms with Crippen LogP contribution in [0.2, 0.25) is 0 Å². The van der Waals surface area contributed by atoms with Gasteiger partial charge in [-0.3, -0.25) is 0 Å². The molecule has 0 unspecified atom stereocenters. The smallest absolute Gasteiger partial charge is 0.195 e. The molecule has 0 saturated heterocycles. The molecule has 0 bridgehead atoms. The molecule has 0 spiro atoms. The summed E-state index contributed by atoms with van der Waals surface area (Å²) in [7, 11) is -3.41. The Morgan fingerprint density at radius 2 is 1.58 bits per heavy atom. The van der Waals surface area contributed by atoms with E-state index < -0.39 is 9.84 Å². The van der Waals surface area contributed by atoms with Gasteiger partial charge in [-0.2, -0.15) is 0 Å². The first kappa shape index (κ1) is 16.5. The number of fused-ring (bicyclic) bond motifs is 1. The molecule has 26 heavy (non-hydrogen) atoms. The molecular formula is C21H17NO3S. The molecule has 0 aliphatic carbocycles. The molecule has 4 aromatic rings. The summed E-state index contributed by atoms with van der Waals surface area (Å²) in [6, 6.07) is 22.5. The van der Waals surface area contributed by atoms with Gasteiger partial charge in [0, 0.05) is 12.0 Å². The Morgan fingerprint density at radius 1 is 0.846 bits per heavy atom. The van der Waals surface area contributed by atoms with Crippen LogP contribution in [-0.4, -0.2) is 19.2 Å². The summed E-state index contributed by atoms with van der Waals surface area (Å²) in [5, 5.41) is 1.93. The molecular weight excluding hydrogens is 346 g/mol. The summed E-state index contributed by atoms with van der Waals surface area (Å²) >= 11 is 0. The standard InChI is InChI=1S/C21H17NO3S/c23-26(24,19-11-10-16-6-4-5-9-18(16)14-19)13-12-21-22-15-20(25-21)17-7-2-1-3-8-17/h1-11,14-15H,12-13H2. The summed E-state index contributed by atoms with van der Waals surface area (Å²) in [5.41, 5.74) is 0.920. The van der Waals surface area contributed by atoms with Gasteiger partial charge >= 0.3 is 0 Å². The summed E-state index contributed by atoms with van der Waals surface area (Å²) in [6.45, 7) is 0. The monoisotopic (exact) mass is 363 g/mol.